The Kier molecular flexibility index (Phi) is 3.63. The number of carboxylic acid groups (broad SMARTS) is 1. The summed E-state index contributed by atoms with van der Waals surface area (Å²) in [4.78, 5) is 12.0. The van der Waals surface area contributed by atoms with Crippen LogP contribution >= 0.6 is 11.8 Å². The molecule has 1 aromatic heterocycles. The number of hydrogen-bond donors (Lipinski definition) is 2. The fourth-order valence-electron chi connectivity index (χ4n) is 2.15. The summed E-state index contributed by atoms with van der Waals surface area (Å²) >= 11 is 1.66. The summed E-state index contributed by atoms with van der Waals surface area (Å²) in [5, 5.41) is 10.0. The molecule has 0 aliphatic rings. The van der Waals surface area contributed by atoms with E-state index in [1.807, 2.05) is 42.3 Å². The smallest absolute Gasteiger partial charge is 0.320 e. The molecule has 0 aliphatic heterocycles. The number of aromatic nitrogens is 1. The number of aryl methyl sites for hydroxylation is 1. The summed E-state index contributed by atoms with van der Waals surface area (Å²) in [6.45, 7) is 0. The molecule has 0 fully saturated rings. The monoisotopic (exact) mass is 264 g/mol. The number of fused-ring (bicyclic) bond motifs is 1. The summed E-state index contributed by atoms with van der Waals surface area (Å²) in [7, 11) is 1.96. The lowest BCUT2D eigenvalue weighted by molar-refractivity contribution is -0.138. The van der Waals surface area contributed by atoms with Crippen LogP contribution in [0.1, 0.15) is 5.56 Å². The van der Waals surface area contributed by atoms with Crippen molar-refractivity contribution in [3.05, 3.63) is 30.0 Å². The summed E-state index contributed by atoms with van der Waals surface area (Å²) in [5.74, 6) is -0.964. The Balaban J connectivity index is 2.54. The first kappa shape index (κ1) is 13.0. The number of rotatable bonds is 4. The average Bonchev–Trinajstić information content (AvgIpc) is 2.66. The van der Waals surface area contributed by atoms with Crippen molar-refractivity contribution < 1.29 is 9.90 Å². The number of nitrogens with zero attached hydrogens (tertiary/aromatic N) is 1. The van der Waals surface area contributed by atoms with Gasteiger partial charge in [0.2, 0.25) is 0 Å². The fourth-order valence-corrected chi connectivity index (χ4v) is 2.81. The van der Waals surface area contributed by atoms with Gasteiger partial charge in [-0.05, 0) is 24.0 Å². The standard InChI is InChI=1S/C13H16N2O2S/c1-15-7-8(6-9(14)13(16)17)12-10(15)4-3-5-11(12)18-2/h3-5,7,9H,6,14H2,1-2H3,(H,16,17). The zero-order valence-corrected chi connectivity index (χ0v) is 11.2. The SMILES string of the molecule is CSc1cccc2c1c(CC(N)C(=O)O)cn2C. The van der Waals surface area contributed by atoms with E-state index in [1.165, 1.54) is 0 Å². The first-order valence-corrected chi connectivity index (χ1v) is 6.86. The second-order valence-corrected chi connectivity index (χ2v) is 5.12. The van der Waals surface area contributed by atoms with E-state index in [1.54, 1.807) is 11.8 Å². The van der Waals surface area contributed by atoms with Crippen molar-refractivity contribution in [3.8, 4) is 0 Å². The zero-order chi connectivity index (χ0) is 13.3. The Labute approximate surface area is 110 Å². The number of carbonyl (C=O) groups is 1. The molecule has 2 rings (SSSR count). The first-order chi connectivity index (χ1) is 8.54. The Morgan fingerprint density at radius 2 is 2.28 bits per heavy atom. The van der Waals surface area contributed by atoms with Crippen LogP contribution in [0, 0.1) is 0 Å². The van der Waals surface area contributed by atoms with Crippen molar-refractivity contribution in [1.82, 2.24) is 4.57 Å². The first-order valence-electron chi connectivity index (χ1n) is 5.64. The predicted molar refractivity (Wildman–Crippen MR) is 74.0 cm³/mol. The van der Waals surface area contributed by atoms with Crippen LogP contribution in [0.5, 0.6) is 0 Å². The van der Waals surface area contributed by atoms with E-state index in [0.717, 1.165) is 21.4 Å². The van der Waals surface area contributed by atoms with Gasteiger partial charge in [-0.1, -0.05) is 6.07 Å². The van der Waals surface area contributed by atoms with Gasteiger partial charge in [-0.25, -0.2) is 0 Å². The van der Waals surface area contributed by atoms with Gasteiger partial charge in [-0.2, -0.15) is 0 Å². The van der Waals surface area contributed by atoms with E-state index in [9.17, 15) is 4.79 Å². The Morgan fingerprint density at radius 1 is 1.56 bits per heavy atom. The van der Waals surface area contributed by atoms with Crippen molar-refractivity contribution in [2.45, 2.75) is 17.4 Å². The molecule has 0 aliphatic carbocycles. The van der Waals surface area contributed by atoms with Gasteiger partial charge in [0.15, 0.2) is 0 Å². The maximum Gasteiger partial charge on any atom is 0.320 e. The molecule has 96 valence electrons. The van der Waals surface area contributed by atoms with Crippen LogP contribution < -0.4 is 5.73 Å². The maximum absolute atomic E-state index is 10.9. The summed E-state index contributed by atoms with van der Waals surface area (Å²) in [6.07, 6.45) is 4.33. The molecular formula is C13H16N2O2S. The number of benzene rings is 1. The van der Waals surface area contributed by atoms with Gasteiger partial charge in [-0.3, -0.25) is 4.79 Å². The molecule has 1 atom stereocenters. The van der Waals surface area contributed by atoms with E-state index >= 15 is 0 Å². The number of aliphatic carboxylic acids is 1. The zero-order valence-electron chi connectivity index (χ0n) is 10.4. The van der Waals surface area contributed by atoms with Crippen LogP contribution in [0.15, 0.2) is 29.3 Å². The van der Waals surface area contributed by atoms with Crippen LogP contribution in [0.25, 0.3) is 10.9 Å². The molecule has 4 nitrogen and oxygen atoms in total. The van der Waals surface area contributed by atoms with Crippen molar-refractivity contribution >= 4 is 28.6 Å². The van der Waals surface area contributed by atoms with Crippen LogP contribution in [-0.4, -0.2) is 27.9 Å². The lowest BCUT2D eigenvalue weighted by Crippen LogP contribution is -2.32. The highest BCUT2D eigenvalue weighted by Gasteiger charge is 2.17. The molecule has 0 saturated carbocycles. The summed E-state index contributed by atoms with van der Waals surface area (Å²) in [6, 6.07) is 5.23. The molecule has 0 bridgehead atoms. The second kappa shape index (κ2) is 5.04. The van der Waals surface area contributed by atoms with Gasteiger partial charge < -0.3 is 15.4 Å². The number of carboxylic acids is 1. The lowest BCUT2D eigenvalue weighted by Gasteiger charge is -2.06. The Bertz CT molecular complexity index is 592. The molecule has 2 aromatic rings. The molecule has 0 spiro atoms. The highest BCUT2D eigenvalue weighted by molar-refractivity contribution is 7.98. The van der Waals surface area contributed by atoms with E-state index < -0.39 is 12.0 Å². The third-order valence-electron chi connectivity index (χ3n) is 3.03. The van der Waals surface area contributed by atoms with Crippen molar-refractivity contribution in [2.75, 3.05) is 6.26 Å². The third-order valence-corrected chi connectivity index (χ3v) is 3.81. The van der Waals surface area contributed by atoms with E-state index in [0.29, 0.717) is 6.42 Å². The molecule has 3 N–H and O–H groups in total. The molecule has 0 saturated heterocycles. The molecular weight excluding hydrogens is 248 g/mol. The van der Waals surface area contributed by atoms with E-state index in [2.05, 4.69) is 0 Å². The largest absolute Gasteiger partial charge is 0.480 e. The lowest BCUT2D eigenvalue weighted by atomic mass is 10.1. The number of nitrogens with two attached hydrogens (primary N) is 1. The number of hydrogen-bond acceptors (Lipinski definition) is 3. The van der Waals surface area contributed by atoms with E-state index in [4.69, 9.17) is 10.8 Å². The number of thioether (sulfide) groups is 1. The minimum absolute atomic E-state index is 0.351. The van der Waals surface area contributed by atoms with Crippen LogP contribution in [0.4, 0.5) is 0 Å². The van der Waals surface area contributed by atoms with Gasteiger partial charge >= 0.3 is 5.97 Å². The van der Waals surface area contributed by atoms with Crippen LogP contribution in [0.2, 0.25) is 0 Å². The average molecular weight is 264 g/mol. The molecule has 18 heavy (non-hydrogen) atoms. The van der Waals surface area contributed by atoms with E-state index in [-0.39, 0.29) is 0 Å². The molecule has 0 amide bonds. The highest BCUT2D eigenvalue weighted by atomic mass is 32.2. The minimum atomic E-state index is -0.964. The van der Waals surface area contributed by atoms with Gasteiger partial charge in [0.1, 0.15) is 6.04 Å². The van der Waals surface area contributed by atoms with Gasteiger partial charge in [0.05, 0.1) is 0 Å². The van der Waals surface area contributed by atoms with Crippen molar-refractivity contribution in [3.63, 3.8) is 0 Å². The van der Waals surface area contributed by atoms with Crippen LogP contribution in [-0.2, 0) is 18.3 Å². The molecule has 1 heterocycles. The van der Waals surface area contributed by atoms with Crippen LogP contribution in [0.3, 0.4) is 0 Å². The molecule has 1 aromatic carbocycles. The van der Waals surface area contributed by atoms with Gasteiger partial charge in [-0.15, -0.1) is 11.8 Å². The normalized spacial score (nSPS) is 12.8. The Hall–Kier alpha value is -1.46. The second-order valence-electron chi connectivity index (χ2n) is 4.27. The predicted octanol–water partition coefficient (Wildman–Crippen LogP) is 1.85. The third kappa shape index (κ3) is 2.23. The maximum atomic E-state index is 10.9. The van der Waals surface area contributed by atoms with Gasteiger partial charge in [0.25, 0.3) is 0 Å². The summed E-state index contributed by atoms with van der Waals surface area (Å²) < 4.78 is 2.01. The van der Waals surface area contributed by atoms with Crippen molar-refractivity contribution in [1.29, 1.82) is 0 Å². The molecule has 5 heteroatoms. The quantitative estimate of drug-likeness (QED) is 0.827. The fraction of sp³-hybridized carbons (Fsp3) is 0.308. The summed E-state index contributed by atoms with van der Waals surface area (Å²) in [5.41, 5.74) is 7.72. The minimum Gasteiger partial charge on any atom is -0.480 e. The van der Waals surface area contributed by atoms with Gasteiger partial charge in [0, 0.05) is 35.5 Å². The molecule has 0 radical (unpaired) electrons. The Morgan fingerprint density at radius 3 is 2.89 bits per heavy atom. The molecule has 1 unspecified atom stereocenters. The highest BCUT2D eigenvalue weighted by Crippen LogP contribution is 2.30. The van der Waals surface area contributed by atoms with Crippen molar-refractivity contribution in [2.24, 2.45) is 12.8 Å². The topological polar surface area (TPSA) is 68.2 Å².